The van der Waals surface area contributed by atoms with Gasteiger partial charge >= 0.3 is 12.0 Å². The molecule has 6 N–H and O–H groups in total. The van der Waals surface area contributed by atoms with E-state index in [2.05, 4.69) is 52.4 Å². The van der Waals surface area contributed by atoms with E-state index in [0.29, 0.717) is 50.6 Å². The predicted octanol–water partition coefficient (Wildman–Crippen LogP) is 2.90. The van der Waals surface area contributed by atoms with Crippen molar-refractivity contribution >= 4 is 17.9 Å². The van der Waals surface area contributed by atoms with Crippen LogP contribution in [0.4, 0.5) is 4.79 Å². The van der Waals surface area contributed by atoms with Crippen LogP contribution in [-0.4, -0.2) is 48.2 Å². The number of carboxylic acid groups (broad SMARTS) is 1. The van der Waals surface area contributed by atoms with Crippen LogP contribution in [0.1, 0.15) is 62.5 Å². The molecule has 0 aliphatic heterocycles. The van der Waals surface area contributed by atoms with E-state index >= 15 is 0 Å². The minimum atomic E-state index is -1.09. The van der Waals surface area contributed by atoms with Gasteiger partial charge in [0, 0.05) is 6.54 Å². The maximum Gasteiger partial charge on any atom is 0.326 e. The van der Waals surface area contributed by atoms with Gasteiger partial charge in [0.2, 0.25) is 5.91 Å². The van der Waals surface area contributed by atoms with Crippen molar-refractivity contribution in [3.8, 4) is 0 Å². The molecule has 2 unspecified atom stereocenters. The Morgan fingerprint density at radius 2 is 1.77 bits per heavy atom. The molecule has 0 bridgehead atoms. The van der Waals surface area contributed by atoms with Crippen molar-refractivity contribution in [2.45, 2.75) is 76.3 Å². The molecule has 4 atom stereocenters. The molecule has 0 fully saturated rings. The molecule has 0 spiro atoms. The first-order valence-corrected chi connectivity index (χ1v) is 13.0. The summed E-state index contributed by atoms with van der Waals surface area (Å²) >= 11 is 0. The summed E-state index contributed by atoms with van der Waals surface area (Å²) in [6.45, 7) is 1.04. The van der Waals surface area contributed by atoms with Crippen molar-refractivity contribution in [3.63, 3.8) is 0 Å². The van der Waals surface area contributed by atoms with Gasteiger partial charge in [-0.2, -0.15) is 0 Å². The summed E-state index contributed by atoms with van der Waals surface area (Å²) in [4.78, 5) is 37.4. The Hall–Kier alpha value is -2.87. The van der Waals surface area contributed by atoms with Gasteiger partial charge in [-0.25, -0.2) is 9.59 Å². The summed E-state index contributed by atoms with van der Waals surface area (Å²) in [7, 11) is 0. The summed E-state index contributed by atoms with van der Waals surface area (Å²) in [6.07, 6.45) is 12.2. The van der Waals surface area contributed by atoms with Crippen LogP contribution in [0.25, 0.3) is 0 Å². The fourth-order valence-corrected chi connectivity index (χ4v) is 5.06. The highest BCUT2D eigenvalue weighted by Gasteiger charge is 2.28. The molecule has 0 aromatic heterocycles. The molecular weight excluding hydrogens is 444 g/mol. The third-order valence-electron chi connectivity index (χ3n) is 7.13. The van der Waals surface area contributed by atoms with Crippen LogP contribution >= 0.6 is 0 Å². The second kappa shape index (κ2) is 13.9. The monoisotopic (exact) mass is 484 g/mol. The van der Waals surface area contributed by atoms with Crippen molar-refractivity contribution in [1.29, 1.82) is 0 Å². The molecule has 3 rings (SSSR count). The van der Waals surface area contributed by atoms with Gasteiger partial charge in [0.05, 0.1) is 0 Å². The Morgan fingerprint density at radius 3 is 2.49 bits per heavy atom. The van der Waals surface area contributed by atoms with Gasteiger partial charge in [-0.05, 0) is 93.7 Å². The molecule has 1 aromatic carbocycles. The van der Waals surface area contributed by atoms with Crippen LogP contribution in [0.2, 0.25) is 0 Å². The third-order valence-corrected chi connectivity index (χ3v) is 7.13. The van der Waals surface area contributed by atoms with Crippen LogP contribution in [0.15, 0.2) is 36.4 Å². The topological polar surface area (TPSA) is 134 Å². The molecule has 192 valence electrons. The number of hydrogen-bond donors (Lipinski definition) is 5. The van der Waals surface area contributed by atoms with Crippen LogP contribution in [0, 0.1) is 11.8 Å². The number of amides is 3. The minimum Gasteiger partial charge on any atom is -0.480 e. The van der Waals surface area contributed by atoms with Crippen LogP contribution < -0.4 is 21.7 Å². The fourth-order valence-electron chi connectivity index (χ4n) is 5.06. The molecule has 1 aromatic rings. The molecule has 2 aliphatic rings. The summed E-state index contributed by atoms with van der Waals surface area (Å²) < 4.78 is 0. The number of unbranched alkanes of at least 4 members (excludes halogenated alkanes) is 1. The smallest absolute Gasteiger partial charge is 0.326 e. The number of nitrogens with two attached hydrogens (primary N) is 1. The lowest BCUT2D eigenvalue weighted by Crippen LogP contribution is -2.54. The summed E-state index contributed by atoms with van der Waals surface area (Å²) in [6, 6.07) is 6.10. The predicted molar refractivity (Wildman–Crippen MR) is 136 cm³/mol. The van der Waals surface area contributed by atoms with Gasteiger partial charge in [-0.3, -0.25) is 4.79 Å². The van der Waals surface area contributed by atoms with E-state index < -0.39 is 24.1 Å². The van der Waals surface area contributed by atoms with Crippen molar-refractivity contribution in [1.82, 2.24) is 16.0 Å². The van der Waals surface area contributed by atoms with E-state index in [1.54, 1.807) is 0 Å². The van der Waals surface area contributed by atoms with Gasteiger partial charge in [-0.1, -0.05) is 36.4 Å². The average molecular weight is 485 g/mol. The van der Waals surface area contributed by atoms with E-state index in [0.717, 1.165) is 38.5 Å². The number of nitrogens with one attached hydrogen (secondary N) is 3. The number of urea groups is 1. The third kappa shape index (κ3) is 8.69. The standard InChI is InChI=1S/C27H40N4O4/c28-15-7-6-12-23(26(33)34)30-27(35)31-24(17-19-8-2-1-3-9-19)25(32)29-18-20-13-14-21-10-4-5-11-22(21)16-20/h1-2,4-5,10-11,19-20,23-24H,3,6-9,12-18,28H2,(H,29,32)(H,33,34)(H2,30,31,35)/t19?,20?,23-,24+/m0/s1. The maximum absolute atomic E-state index is 13.2. The highest BCUT2D eigenvalue weighted by molar-refractivity contribution is 5.88. The molecule has 8 heteroatoms. The number of aliphatic carboxylic acids is 1. The van der Waals surface area contributed by atoms with E-state index in [-0.39, 0.29) is 5.91 Å². The van der Waals surface area contributed by atoms with Crippen molar-refractivity contribution < 1.29 is 19.5 Å². The number of benzene rings is 1. The molecule has 0 saturated heterocycles. The maximum atomic E-state index is 13.2. The van der Waals surface area contributed by atoms with Gasteiger partial charge in [0.1, 0.15) is 12.1 Å². The first-order chi connectivity index (χ1) is 17.0. The number of fused-ring (bicyclic) bond motifs is 1. The number of carbonyl (C=O) groups excluding carboxylic acids is 2. The van der Waals surface area contributed by atoms with E-state index in [1.165, 1.54) is 11.1 Å². The van der Waals surface area contributed by atoms with Gasteiger partial charge in [-0.15, -0.1) is 0 Å². The van der Waals surface area contributed by atoms with Crippen molar-refractivity contribution in [2.75, 3.05) is 13.1 Å². The number of hydrogen-bond acceptors (Lipinski definition) is 4. The largest absolute Gasteiger partial charge is 0.480 e. The lowest BCUT2D eigenvalue weighted by atomic mass is 9.84. The van der Waals surface area contributed by atoms with E-state index in [9.17, 15) is 19.5 Å². The summed E-state index contributed by atoms with van der Waals surface area (Å²) in [5, 5.41) is 17.8. The molecule has 3 amide bonds. The Labute approximate surface area is 208 Å². The van der Waals surface area contributed by atoms with Gasteiger partial charge in [0.15, 0.2) is 0 Å². The zero-order valence-corrected chi connectivity index (χ0v) is 20.5. The molecular formula is C27H40N4O4. The Morgan fingerprint density at radius 1 is 1.00 bits per heavy atom. The number of aryl methyl sites for hydroxylation is 1. The average Bonchev–Trinajstić information content (AvgIpc) is 2.86. The molecule has 0 radical (unpaired) electrons. The SMILES string of the molecule is NCCCC[C@H](NC(=O)N[C@H](CC1CC=CCC1)C(=O)NCC1CCc2ccccc2C1)C(=O)O. The Bertz CT molecular complexity index is 888. The Kier molecular flexibility index (Phi) is 10.6. The van der Waals surface area contributed by atoms with Crippen LogP contribution in [-0.2, 0) is 22.4 Å². The molecule has 0 saturated carbocycles. The lowest BCUT2D eigenvalue weighted by Gasteiger charge is -2.28. The highest BCUT2D eigenvalue weighted by Crippen LogP contribution is 2.25. The molecule has 35 heavy (non-hydrogen) atoms. The zero-order valence-electron chi connectivity index (χ0n) is 20.5. The summed E-state index contributed by atoms with van der Waals surface area (Å²) in [5.41, 5.74) is 8.22. The zero-order chi connectivity index (χ0) is 25.0. The van der Waals surface area contributed by atoms with Crippen molar-refractivity contribution in [3.05, 3.63) is 47.5 Å². The minimum absolute atomic E-state index is 0.205. The fraction of sp³-hybridized carbons (Fsp3) is 0.593. The second-order valence-electron chi connectivity index (χ2n) is 9.85. The number of carboxylic acids is 1. The second-order valence-corrected chi connectivity index (χ2v) is 9.85. The van der Waals surface area contributed by atoms with Gasteiger partial charge in [0.25, 0.3) is 0 Å². The van der Waals surface area contributed by atoms with Gasteiger partial charge < -0.3 is 26.8 Å². The highest BCUT2D eigenvalue weighted by atomic mass is 16.4. The van der Waals surface area contributed by atoms with E-state index in [1.807, 2.05) is 0 Å². The molecule has 0 heterocycles. The number of allylic oxidation sites excluding steroid dienone is 2. The van der Waals surface area contributed by atoms with Crippen LogP contribution in [0.5, 0.6) is 0 Å². The lowest BCUT2D eigenvalue weighted by molar-refractivity contribution is -0.139. The Balaban J connectivity index is 1.56. The normalized spacial score (nSPS) is 20.8. The molecule has 8 nitrogen and oxygen atoms in total. The molecule has 2 aliphatic carbocycles. The van der Waals surface area contributed by atoms with Crippen LogP contribution in [0.3, 0.4) is 0 Å². The van der Waals surface area contributed by atoms with Crippen molar-refractivity contribution in [2.24, 2.45) is 17.6 Å². The first-order valence-electron chi connectivity index (χ1n) is 13.0. The summed E-state index contributed by atoms with van der Waals surface area (Å²) in [5.74, 6) is -0.631. The quantitative estimate of drug-likeness (QED) is 0.230. The number of rotatable bonds is 12. The first kappa shape index (κ1) is 26.7. The number of carbonyl (C=O) groups is 3. The van der Waals surface area contributed by atoms with E-state index in [4.69, 9.17) is 5.73 Å².